The normalized spacial score (nSPS) is 16.0. The van der Waals surface area contributed by atoms with E-state index < -0.39 is 0 Å². The molecule has 1 amide bonds. The maximum Gasteiger partial charge on any atom is 0.246 e. The zero-order valence-electron chi connectivity index (χ0n) is 13.6. The summed E-state index contributed by atoms with van der Waals surface area (Å²) < 4.78 is 1.04. The van der Waals surface area contributed by atoms with Crippen molar-refractivity contribution in [2.75, 3.05) is 26.2 Å². The fourth-order valence-electron chi connectivity index (χ4n) is 2.68. The average molecular weight is 406 g/mol. The summed E-state index contributed by atoms with van der Waals surface area (Å²) in [4.78, 5) is 21.1. The van der Waals surface area contributed by atoms with Gasteiger partial charge in [-0.05, 0) is 30.7 Å². The van der Waals surface area contributed by atoms with Crippen LogP contribution in [0, 0.1) is 6.92 Å². The molecular formula is C18H20BrN3OS. The van der Waals surface area contributed by atoms with Gasteiger partial charge in [0.25, 0.3) is 0 Å². The molecule has 1 fully saturated rings. The molecule has 1 aliphatic rings. The molecule has 0 radical (unpaired) electrons. The Morgan fingerprint density at radius 2 is 1.96 bits per heavy atom. The first-order valence-corrected chi connectivity index (χ1v) is 9.63. The molecule has 0 atom stereocenters. The van der Waals surface area contributed by atoms with E-state index in [-0.39, 0.29) is 5.91 Å². The molecule has 6 heteroatoms. The Balaban J connectivity index is 1.48. The second kappa shape index (κ2) is 8.05. The second-order valence-electron chi connectivity index (χ2n) is 5.84. The van der Waals surface area contributed by atoms with Crippen LogP contribution in [0.3, 0.4) is 0 Å². The van der Waals surface area contributed by atoms with Crippen LogP contribution in [-0.2, 0) is 11.3 Å². The number of piperazine rings is 1. The lowest BCUT2D eigenvalue weighted by atomic mass is 10.2. The van der Waals surface area contributed by atoms with Gasteiger partial charge < -0.3 is 4.90 Å². The van der Waals surface area contributed by atoms with Crippen LogP contribution in [0.2, 0.25) is 0 Å². The fourth-order valence-corrected chi connectivity index (χ4v) is 3.55. The van der Waals surface area contributed by atoms with Crippen molar-refractivity contribution in [3.63, 3.8) is 0 Å². The van der Waals surface area contributed by atoms with Crippen molar-refractivity contribution in [1.82, 2.24) is 14.8 Å². The topological polar surface area (TPSA) is 36.4 Å². The number of thiazole rings is 1. The molecule has 126 valence electrons. The van der Waals surface area contributed by atoms with Gasteiger partial charge in [0, 0.05) is 48.7 Å². The van der Waals surface area contributed by atoms with Crippen LogP contribution < -0.4 is 0 Å². The molecule has 1 aromatic carbocycles. The van der Waals surface area contributed by atoms with E-state index in [1.54, 1.807) is 17.4 Å². The summed E-state index contributed by atoms with van der Waals surface area (Å²) in [6.07, 6.45) is 3.54. The van der Waals surface area contributed by atoms with Gasteiger partial charge in [-0.2, -0.15) is 0 Å². The van der Waals surface area contributed by atoms with E-state index in [0.717, 1.165) is 53.5 Å². The highest BCUT2D eigenvalue weighted by Crippen LogP contribution is 2.14. The van der Waals surface area contributed by atoms with Gasteiger partial charge in [-0.15, -0.1) is 11.3 Å². The molecule has 1 saturated heterocycles. The number of hydrogen-bond donors (Lipinski definition) is 0. The highest BCUT2D eigenvalue weighted by Gasteiger charge is 2.20. The average Bonchev–Trinajstić information content (AvgIpc) is 2.99. The lowest BCUT2D eigenvalue weighted by Crippen LogP contribution is -2.47. The molecule has 0 saturated carbocycles. The summed E-state index contributed by atoms with van der Waals surface area (Å²) in [5.41, 5.74) is 2.16. The number of aromatic nitrogens is 1. The first-order valence-electron chi connectivity index (χ1n) is 7.96. The van der Waals surface area contributed by atoms with E-state index in [1.807, 2.05) is 42.2 Å². The molecule has 2 heterocycles. The van der Waals surface area contributed by atoms with Crippen LogP contribution >= 0.6 is 27.3 Å². The van der Waals surface area contributed by atoms with Gasteiger partial charge in [0.15, 0.2) is 0 Å². The summed E-state index contributed by atoms with van der Waals surface area (Å²) in [5.74, 6) is 0.0853. The van der Waals surface area contributed by atoms with Crippen LogP contribution in [0.5, 0.6) is 0 Å². The number of rotatable bonds is 4. The zero-order chi connectivity index (χ0) is 16.9. The number of aryl methyl sites for hydroxylation is 1. The predicted molar refractivity (Wildman–Crippen MR) is 102 cm³/mol. The van der Waals surface area contributed by atoms with Crippen LogP contribution in [0.1, 0.15) is 16.3 Å². The molecular weight excluding hydrogens is 386 g/mol. The third-order valence-electron chi connectivity index (χ3n) is 4.02. The lowest BCUT2D eigenvalue weighted by molar-refractivity contribution is -0.127. The van der Waals surface area contributed by atoms with Crippen molar-refractivity contribution in [3.05, 3.63) is 56.5 Å². The van der Waals surface area contributed by atoms with Crippen molar-refractivity contribution in [3.8, 4) is 0 Å². The van der Waals surface area contributed by atoms with Crippen LogP contribution in [0.4, 0.5) is 0 Å². The van der Waals surface area contributed by atoms with E-state index in [9.17, 15) is 4.79 Å². The Morgan fingerprint density at radius 1 is 1.25 bits per heavy atom. The minimum absolute atomic E-state index is 0.0853. The molecule has 24 heavy (non-hydrogen) atoms. The van der Waals surface area contributed by atoms with Gasteiger partial charge in [0.2, 0.25) is 5.91 Å². The van der Waals surface area contributed by atoms with Crippen molar-refractivity contribution < 1.29 is 4.79 Å². The van der Waals surface area contributed by atoms with Crippen LogP contribution in [0.15, 0.2) is 40.2 Å². The van der Waals surface area contributed by atoms with E-state index in [0.29, 0.717) is 0 Å². The van der Waals surface area contributed by atoms with Crippen molar-refractivity contribution >= 4 is 39.2 Å². The summed E-state index contributed by atoms with van der Waals surface area (Å²) in [5, 5.41) is 3.23. The summed E-state index contributed by atoms with van der Waals surface area (Å²) in [6.45, 7) is 6.24. The van der Waals surface area contributed by atoms with E-state index in [1.165, 1.54) is 0 Å². The Kier molecular flexibility index (Phi) is 5.81. The van der Waals surface area contributed by atoms with Crippen molar-refractivity contribution in [1.29, 1.82) is 0 Å². The molecule has 4 nitrogen and oxygen atoms in total. The first-order chi connectivity index (χ1) is 11.6. The highest BCUT2D eigenvalue weighted by molar-refractivity contribution is 9.10. The first kappa shape index (κ1) is 17.3. The van der Waals surface area contributed by atoms with Gasteiger partial charge in [-0.25, -0.2) is 4.98 Å². The molecule has 0 bridgehead atoms. The molecule has 0 unspecified atom stereocenters. The molecule has 0 spiro atoms. The van der Waals surface area contributed by atoms with Gasteiger partial charge in [0.1, 0.15) is 0 Å². The quantitative estimate of drug-likeness (QED) is 0.729. The fraction of sp³-hybridized carbons (Fsp3) is 0.333. The van der Waals surface area contributed by atoms with E-state index in [4.69, 9.17) is 0 Å². The number of carbonyl (C=O) groups excluding carboxylic acids is 1. The van der Waals surface area contributed by atoms with Crippen molar-refractivity contribution in [2.45, 2.75) is 13.5 Å². The molecule has 1 aliphatic heterocycles. The molecule has 3 rings (SSSR count). The lowest BCUT2D eigenvalue weighted by Gasteiger charge is -2.33. The van der Waals surface area contributed by atoms with Gasteiger partial charge in [-0.3, -0.25) is 9.69 Å². The highest BCUT2D eigenvalue weighted by atomic mass is 79.9. The van der Waals surface area contributed by atoms with Gasteiger partial charge >= 0.3 is 0 Å². The Hall–Kier alpha value is -1.50. The van der Waals surface area contributed by atoms with E-state index in [2.05, 4.69) is 31.2 Å². The predicted octanol–water partition coefficient (Wildman–Crippen LogP) is 3.57. The number of benzene rings is 1. The maximum atomic E-state index is 12.3. The summed E-state index contributed by atoms with van der Waals surface area (Å²) in [6, 6.07) is 7.93. The Labute approximate surface area is 154 Å². The van der Waals surface area contributed by atoms with Crippen molar-refractivity contribution in [2.24, 2.45) is 0 Å². The minimum atomic E-state index is 0.0853. The van der Waals surface area contributed by atoms with Gasteiger partial charge in [-0.1, -0.05) is 28.1 Å². The molecule has 1 aromatic heterocycles. The smallest absolute Gasteiger partial charge is 0.246 e. The largest absolute Gasteiger partial charge is 0.337 e. The zero-order valence-corrected chi connectivity index (χ0v) is 16.0. The summed E-state index contributed by atoms with van der Waals surface area (Å²) >= 11 is 5.10. The third-order valence-corrected chi connectivity index (χ3v) is 5.38. The second-order valence-corrected chi connectivity index (χ2v) is 7.82. The van der Waals surface area contributed by atoms with Crippen LogP contribution in [0.25, 0.3) is 6.08 Å². The number of hydrogen-bond acceptors (Lipinski definition) is 4. The van der Waals surface area contributed by atoms with E-state index >= 15 is 0 Å². The van der Waals surface area contributed by atoms with Gasteiger partial charge in [0.05, 0.1) is 10.7 Å². The minimum Gasteiger partial charge on any atom is -0.337 e. The van der Waals surface area contributed by atoms with Crippen LogP contribution in [-0.4, -0.2) is 46.9 Å². The maximum absolute atomic E-state index is 12.3. The number of nitrogens with zero attached hydrogens (tertiary/aromatic N) is 3. The SMILES string of the molecule is Cc1nc(CN2CCN(C(=O)C=Cc3ccc(Br)cc3)CC2)cs1. The number of halogens is 1. The molecule has 0 N–H and O–H groups in total. The number of amides is 1. The monoisotopic (exact) mass is 405 g/mol. The standard InChI is InChI=1S/C18H20BrN3OS/c1-14-20-17(13-24-14)12-21-8-10-22(11-9-21)18(23)7-4-15-2-5-16(19)6-3-15/h2-7,13H,8-12H2,1H3. The molecule has 2 aromatic rings. The number of carbonyl (C=O) groups is 1. The third kappa shape index (κ3) is 4.75. The molecule has 0 aliphatic carbocycles. The Bertz CT molecular complexity index is 718. The Morgan fingerprint density at radius 3 is 2.58 bits per heavy atom. The summed E-state index contributed by atoms with van der Waals surface area (Å²) in [7, 11) is 0.